The van der Waals surface area contributed by atoms with Gasteiger partial charge in [0.05, 0.1) is 12.1 Å². The van der Waals surface area contributed by atoms with Crippen molar-refractivity contribution in [2.75, 3.05) is 39.3 Å². The molecule has 0 aromatic heterocycles. The predicted molar refractivity (Wildman–Crippen MR) is 108 cm³/mol. The van der Waals surface area contributed by atoms with E-state index < -0.39 is 0 Å². The third kappa shape index (κ3) is 4.36. The van der Waals surface area contributed by atoms with Crippen LogP contribution in [0.5, 0.6) is 0 Å². The molecule has 2 atom stereocenters. The van der Waals surface area contributed by atoms with Crippen LogP contribution < -0.4 is 0 Å². The van der Waals surface area contributed by atoms with Gasteiger partial charge in [0.15, 0.2) is 0 Å². The molecule has 2 aliphatic rings. The van der Waals surface area contributed by atoms with Gasteiger partial charge in [0, 0.05) is 51.2 Å². The highest BCUT2D eigenvalue weighted by atomic mass is 16.3. The second-order valence-electron chi connectivity index (χ2n) is 8.46. The Labute approximate surface area is 163 Å². The van der Waals surface area contributed by atoms with Crippen molar-refractivity contribution in [1.82, 2.24) is 14.7 Å². The van der Waals surface area contributed by atoms with Gasteiger partial charge in [-0.15, -0.1) is 0 Å². The molecule has 1 N–H and O–H groups in total. The van der Waals surface area contributed by atoms with E-state index in [9.17, 15) is 9.90 Å². The highest BCUT2D eigenvalue weighted by molar-refractivity contribution is 5.79. The summed E-state index contributed by atoms with van der Waals surface area (Å²) in [4.78, 5) is 19.8. The minimum atomic E-state index is -0.248. The topological polar surface area (TPSA) is 47.0 Å². The molecule has 1 aromatic carbocycles. The smallest absolute Gasteiger partial charge is 0.225 e. The molecule has 2 fully saturated rings. The molecule has 5 heteroatoms. The minimum Gasteiger partial charge on any atom is -0.394 e. The first-order valence-corrected chi connectivity index (χ1v) is 10.4. The van der Waals surface area contributed by atoms with Crippen LogP contribution in [0.3, 0.4) is 0 Å². The van der Waals surface area contributed by atoms with E-state index in [1.165, 1.54) is 5.56 Å². The number of fused-ring (bicyclic) bond motifs is 1. The zero-order chi connectivity index (χ0) is 19.4. The van der Waals surface area contributed by atoms with Crippen LogP contribution in [-0.2, 0) is 11.3 Å². The number of carbonyl (C=O) groups is 1. The summed E-state index contributed by atoms with van der Waals surface area (Å²) in [6, 6.07) is 10.8. The zero-order valence-corrected chi connectivity index (χ0v) is 17.1. The fourth-order valence-electron chi connectivity index (χ4n) is 4.86. The average molecular weight is 374 g/mol. The summed E-state index contributed by atoms with van der Waals surface area (Å²) in [5, 5.41) is 10.2. The van der Waals surface area contributed by atoms with Gasteiger partial charge in [0.25, 0.3) is 0 Å². The Hall–Kier alpha value is -1.43. The molecule has 1 amide bonds. The molecule has 1 aromatic rings. The van der Waals surface area contributed by atoms with E-state index in [-0.39, 0.29) is 24.1 Å². The number of carbonyl (C=O) groups excluding carboxylic acids is 1. The average Bonchev–Trinajstić information content (AvgIpc) is 2.69. The van der Waals surface area contributed by atoms with Crippen LogP contribution in [0.15, 0.2) is 30.3 Å². The molecular weight excluding hydrogens is 338 g/mol. The Balaban J connectivity index is 1.73. The second-order valence-corrected chi connectivity index (χ2v) is 8.46. The Morgan fingerprint density at radius 1 is 1.19 bits per heavy atom. The number of piperazine rings is 2. The van der Waals surface area contributed by atoms with E-state index in [4.69, 9.17) is 0 Å². The van der Waals surface area contributed by atoms with E-state index in [0.29, 0.717) is 5.91 Å². The van der Waals surface area contributed by atoms with Crippen molar-refractivity contribution >= 4 is 5.91 Å². The molecule has 3 rings (SSSR count). The highest BCUT2D eigenvalue weighted by Crippen LogP contribution is 2.30. The lowest BCUT2D eigenvalue weighted by atomic mass is 9.90. The summed E-state index contributed by atoms with van der Waals surface area (Å²) in [6.45, 7) is 11.6. The first kappa shape index (κ1) is 20.3. The maximum atomic E-state index is 12.9. The van der Waals surface area contributed by atoms with Gasteiger partial charge < -0.3 is 10.0 Å². The van der Waals surface area contributed by atoms with Gasteiger partial charge in [0.1, 0.15) is 0 Å². The Bertz CT molecular complexity index is 619. The van der Waals surface area contributed by atoms with E-state index >= 15 is 0 Å². The first-order valence-electron chi connectivity index (χ1n) is 10.4. The molecule has 0 bridgehead atoms. The molecule has 0 aliphatic carbocycles. The summed E-state index contributed by atoms with van der Waals surface area (Å²) in [5.74, 6) is 0.454. The Morgan fingerprint density at radius 2 is 1.89 bits per heavy atom. The minimum absolute atomic E-state index is 0.143. The maximum absolute atomic E-state index is 12.9. The van der Waals surface area contributed by atoms with E-state index in [1.54, 1.807) is 0 Å². The van der Waals surface area contributed by atoms with Gasteiger partial charge in [-0.2, -0.15) is 0 Å². The van der Waals surface area contributed by atoms with Crippen LogP contribution in [0.1, 0.15) is 39.2 Å². The first-order chi connectivity index (χ1) is 13.0. The van der Waals surface area contributed by atoms with Gasteiger partial charge in [0.2, 0.25) is 5.91 Å². The molecule has 150 valence electrons. The lowest BCUT2D eigenvalue weighted by Gasteiger charge is -2.56. The van der Waals surface area contributed by atoms with Crippen LogP contribution in [0, 0.1) is 5.92 Å². The van der Waals surface area contributed by atoms with Crippen LogP contribution in [-0.4, -0.2) is 76.6 Å². The summed E-state index contributed by atoms with van der Waals surface area (Å²) in [7, 11) is 0. The van der Waals surface area contributed by atoms with Crippen molar-refractivity contribution in [2.24, 2.45) is 5.92 Å². The fraction of sp³-hybridized carbons (Fsp3) is 0.682. The lowest BCUT2D eigenvalue weighted by Crippen LogP contribution is -2.72. The molecule has 0 saturated carbocycles. The lowest BCUT2D eigenvalue weighted by molar-refractivity contribution is -0.145. The van der Waals surface area contributed by atoms with Crippen LogP contribution in [0.2, 0.25) is 0 Å². The van der Waals surface area contributed by atoms with Crippen LogP contribution >= 0.6 is 0 Å². The molecule has 2 aliphatic heterocycles. The highest BCUT2D eigenvalue weighted by Gasteiger charge is 2.45. The number of hydrogen-bond acceptors (Lipinski definition) is 4. The number of hydrogen-bond donors (Lipinski definition) is 1. The van der Waals surface area contributed by atoms with Gasteiger partial charge in [-0.3, -0.25) is 14.6 Å². The number of nitrogens with zero attached hydrogens (tertiary/aromatic N) is 3. The quantitative estimate of drug-likeness (QED) is 0.830. The van der Waals surface area contributed by atoms with Crippen molar-refractivity contribution in [1.29, 1.82) is 0 Å². The van der Waals surface area contributed by atoms with Crippen LogP contribution in [0.25, 0.3) is 0 Å². The van der Waals surface area contributed by atoms with Gasteiger partial charge in [-0.25, -0.2) is 0 Å². The van der Waals surface area contributed by atoms with E-state index in [2.05, 4.69) is 59.7 Å². The molecular formula is C22H35N3O2. The van der Waals surface area contributed by atoms with Gasteiger partial charge >= 0.3 is 0 Å². The molecule has 5 nitrogen and oxygen atoms in total. The molecule has 0 spiro atoms. The van der Waals surface area contributed by atoms with Gasteiger partial charge in [-0.05, 0) is 25.3 Å². The number of rotatable bonds is 6. The van der Waals surface area contributed by atoms with Crippen LogP contribution in [0.4, 0.5) is 0 Å². The van der Waals surface area contributed by atoms with Crippen molar-refractivity contribution in [3.8, 4) is 0 Å². The fourth-order valence-corrected chi connectivity index (χ4v) is 4.86. The monoisotopic (exact) mass is 373 g/mol. The SMILES string of the molecule is CCC(CC)C(=O)N1CCN2[C@H](CN(Cc3ccccc3)C[C@@]2(C)CO)C1. The summed E-state index contributed by atoms with van der Waals surface area (Å²) >= 11 is 0. The zero-order valence-electron chi connectivity index (χ0n) is 17.1. The van der Waals surface area contributed by atoms with E-state index in [0.717, 1.165) is 52.1 Å². The summed E-state index contributed by atoms with van der Waals surface area (Å²) in [6.07, 6.45) is 1.82. The number of aliphatic hydroxyl groups excluding tert-OH is 1. The Kier molecular flexibility index (Phi) is 6.56. The number of aliphatic hydroxyl groups is 1. The summed E-state index contributed by atoms with van der Waals surface area (Å²) in [5.41, 5.74) is 1.05. The molecule has 2 heterocycles. The van der Waals surface area contributed by atoms with Crippen molar-refractivity contribution in [3.63, 3.8) is 0 Å². The molecule has 0 radical (unpaired) electrons. The van der Waals surface area contributed by atoms with Gasteiger partial charge in [-0.1, -0.05) is 44.2 Å². The molecule has 27 heavy (non-hydrogen) atoms. The number of benzene rings is 1. The standard InChI is InChI=1S/C22H35N3O2/c1-4-19(5-2)21(27)24-11-12-25-20(15-24)14-23(16-22(25,3)17-26)13-18-9-7-6-8-10-18/h6-10,19-20,26H,4-5,11-17H2,1-3H3/t20-,22+/m1/s1. The predicted octanol–water partition coefficient (Wildman–Crippen LogP) is 2.20. The van der Waals surface area contributed by atoms with Crippen molar-refractivity contribution < 1.29 is 9.90 Å². The largest absolute Gasteiger partial charge is 0.394 e. The summed E-state index contributed by atoms with van der Waals surface area (Å²) < 4.78 is 0. The third-order valence-electron chi connectivity index (χ3n) is 6.45. The van der Waals surface area contributed by atoms with E-state index in [1.807, 2.05) is 6.07 Å². The number of amides is 1. The maximum Gasteiger partial charge on any atom is 0.225 e. The third-order valence-corrected chi connectivity index (χ3v) is 6.45. The molecule has 2 saturated heterocycles. The van der Waals surface area contributed by atoms with Crippen molar-refractivity contribution in [2.45, 2.75) is 51.7 Å². The Morgan fingerprint density at radius 3 is 2.52 bits per heavy atom. The van der Waals surface area contributed by atoms with Crippen molar-refractivity contribution in [3.05, 3.63) is 35.9 Å². The second kappa shape index (κ2) is 8.72. The normalized spacial score (nSPS) is 27.0. The molecule has 0 unspecified atom stereocenters.